The van der Waals surface area contributed by atoms with Crippen LogP contribution in [0.2, 0.25) is 0 Å². The lowest BCUT2D eigenvalue weighted by molar-refractivity contribution is 0.410. The molecule has 0 radical (unpaired) electrons. The second-order valence-corrected chi connectivity index (χ2v) is 8.40. The lowest BCUT2D eigenvalue weighted by atomic mass is 10.0. The summed E-state index contributed by atoms with van der Waals surface area (Å²) in [7, 11) is -0.491. The van der Waals surface area contributed by atoms with Crippen LogP contribution in [0.25, 0.3) is 16.8 Å². The number of hydrogen-bond donors (Lipinski definition) is 1. The SMILES string of the molecule is COc1cc(/C=C/C(C)=N/NS(=O)(=O)c2ccc(C)cc2)c(OC)c2ccccc12. The van der Waals surface area contributed by atoms with E-state index >= 15 is 0 Å². The summed E-state index contributed by atoms with van der Waals surface area (Å²) in [6, 6.07) is 16.3. The standard InChI is InChI=1S/C23H24N2O4S/c1-16-9-13-19(14-10-16)30(26,27)25-24-17(2)11-12-18-15-22(28-3)20-7-5-6-8-21(20)23(18)29-4/h5-15,25H,1-4H3/b12-11+,24-17+. The van der Waals surface area contributed by atoms with Gasteiger partial charge in [0, 0.05) is 16.3 Å². The van der Waals surface area contributed by atoms with Gasteiger partial charge in [-0.3, -0.25) is 0 Å². The third-order valence-corrected chi connectivity index (χ3v) is 5.81. The summed E-state index contributed by atoms with van der Waals surface area (Å²) in [6.07, 6.45) is 3.52. The molecule has 0 amide bonds. The van der Waals surface area contributed by atoms with Gasteiger partial charge in [0.2, 0.25) is 0 Å². The molecule has 0 aliphatic carbocycles. The number of methoxy groups -OCH3 is 2. The van der Waals surface area contributed by atoms with Gasteiger partial charge in [0.1, 0.15) is 11.5 Å². The molecule has 0 unspecified atom stereocenters. The van der Waals surface area contributed by atoms with E-state index in [0.29, 0.717) is 11.5 Å². The molecule has 0 aliphatic heterocycles. The molecule has 0 saturated carbocycles. The Balaban J connectivity index is 1.87. The molecule has 0 bridgehead atoms. The highest BCUT2D eigenvalue weighted by molar-refractivity contribution is 7.89. The van der Waals surface area contributed by atoms with E-state index in [1.54, 1.807) is 51.5 Å². The zero-order chi connectivity index (χ0) is 21.7. The molecule has 3 aromatic rings. The van der Waals surface area contributed by atoms with Crippen LogP contribution in [0.1, 0.15) is 18.1 Å². The normalized spacial score (nSPS) is 12.3. The molecule has 3 aromatic carbocycles. The molecule has 0 atom stereocenters. The second kappa shape index (κ2) is 9.00. The van der Waals surface area contributed by atoms with Gasteiger partial charge in [0.25, 0.3) is 10.0 Å². The Morgan fingerprint density at radius 2 is 1.67 bits per heavy atom. The first kappa shape index (κ1) is 21.4. The van der Waals surface area contributed by atoms with E-state index in [9.17, 15) is 8.42 Å². The number of ether oxygens (including phenoxy) is 2. The molecule has 6 nitrogen and oxygen atoms in total. The van der Waals surface area contributed by atoms with Gasteiger partial charge in [0.05, 0.1) is 24.8 Å². The molecular formula is C23H24N2O4S. The molecular weight excluding hydrogens is 400 g/mol. The molecule has 3 rings (SSSR count). The molecule has 156 valence electrons. The minimum absolute atomic E-state index is 0.162. The van der Waals surface area contributed by atoms with Crippen LogP contribution in [0.5, 0.6) is 11.5 Å². The third-order valence-electron chi connectivity index (χ3n) is 4.59. The van der Waals surface area contributed by atoms with Crippen molar-refractivity contribution in [2.45, 2.75) is 18.7 Å². The van der Waals surface area contributed by atoms with Crippen LogP contribution in [0.15, 0.2) is 70.7 Å². The Hall–Kier alpha value is -3.32. The highest BCUT2D eigenvalue weighted by Crippen LogP contribution is 2.37. The average molecular weight is 425 g/mol. The van der Waals surface area contributed by atoms with Crippen molar-refractivity contribution in [3.63, 3.8) is 0 Å². The van der Waals surface area contributed by atoms with Crippen LogP contribution in [0.3, 0.4) is 0 Å². The van der Waals surface area contributed by atoms with Gasteiger partial charge >= 0.3 is 0 Å². The molecule has 0 spiro atoms. The number of nitrogens with one attached hydrogen (secondary N) is 1. The summed E-state index contributed by atoms with van der Waals surface area (Å²) >= 11 is 0. The molecule has 0 saturated heterocycles. The van der Waals surface area contributed by atoms with E-state index in [1.165, 1.54) is 0 Å². The van der Waals surface area contributed by atoms with Gasteiger partial charge in [-0.05, 0) is 44.2 Å². The van der Waals surface area contributed by atoms with Gasteiger partial charge < -0.3 is 9.47 Å². The first-order valence-electron chi connectivity index (χ1n) is 9.30. The number of sulfonamides is 1. The Morgan fingerprint density at radius 1 is 1.00 bits per heavy atom. The minimum Gasteiger partial charge on any atom is -0.496 e. The van der Waals surface area contributed by atoms with Crippen molar-refractivity contribution in [3.8, 4) is 11.5 Å². The van der Waals surface area contributed by atoms with E-state index in [4.69, 9.17) is 9.47 Å². The van der Waals surface area contributed by atoms with Crippen molar-refractivity contribution in [2.75, 3.05) is 14.2 Å². The average Bonchev–Trinajstić information content (AvgIpc) is 2.75. The lowest BCUT2D eigenvalue weighted by Gasteiger charge is -2.13. The first-order valence-corrected chi connectivity index (χ1v) is 10.8. The van der Waals surface area contributed by atoms with Crippen molar-refractivity contribution in [3.05, 3.63) is 71.8 Å². The summed E-state index contributed by atoms with van der Waals surface area (Å²) in [5.41, 5.74) is 2.26. The largest absolute Gasteiger partial charge is 0.496 e. The zero-order valence-corrected chi connectivity index (χ0v) is 18.2. The summed E-state index contributed by atoms with van der Waals surface area (Å²) in [5.74, 6) is 1.43. The van der Waals surface area contributed by atoms with Crippen molar-refractivity contribution in [2.24, 2.45) is 5.10 Å². The van der Waals surface area contributed by atoms with Gasteiger partial charge in [0.15, 0.2) is 0 Å². The number of benzene rings is 3. The predicted molar refractivity (Wildman–Crippen MR) is 121 cm³/mol. The van der Waals surface area contributed by atoms with Gasteiger partial charge in [-0.15, -0.1) is 0 Å². The van der Waals surface area contributed by atoms with Gasteiger partial charge in [-0.2, -0.15) is 18.4 Å². The number of rotatable bonds is 7. The van der Waals surface area contributed by atoms with Crippen LogP contribution in [-0.4, -0.2) is 28.3 Å². The maximum absolute atomic E-state index is 12.4. The maximum Gasteiger partial charge on any atom is 0.276 e. The fourth-order valence-corrected chi connectivity index (χ4v) is 3.87. The molecule has 0 heterocycles. The number of nitrogens with zero attached hydrogens (tertiary/aromatic N) is 1. The molecule has 7 heteroatoms. The quantitative estimate of drug-likeness (QED) is 0.446. The van der Waals surface area contributed by atoms with Crippen molar-refractivity contribution in [1.29, 1.82) is 0 Å². The third kappa shape index (κ3) is 4.63. The van der Waals surface area contributed by atoms with Crippen LogP contribution >= 0.6 is 0 Å². The summed E-state index contributed by atoms with van der Waals surface area (Å²) < 4.78 is 35.9. The van der Waals surface area contributed by atoms with Gasteiger partial charge in [-0.1, -0.05) is 42.0 Å². The molecule has 30 heavy (non-hydrogen) atoms. The van der Waals surface area contributed by atoms with Crippen LogP contribution in [0.4, 0.5) is 0 Å². The number of hydrogen-bond acceptors (Lipinski definition) is 5. The fourth-order valence-electron chi connectivity index (χ4n) is 3.01. The Labute approximate surface area is 176 Å². The first-order chi connectivity index (χ1) is 14.4. The smallest absolute Gasteiger partial charge is 0.276 e. The highest BCUT2D eigenvalue weighted by Gasteiger charge is 2.13. The Bertz CT molecular complexity index is 1210. The predicted octanol–water partition coefficient (Wildman–Crippen LogP) is 4.53. The van der Waals surface area contributed by atoms with E-state index in [0.717, 1.165) is 27.6 Å². The van der Waals surface area contributed by atoms with Crippen LogP contribution < -0.4 is 14.3 Å². The topological polar surface area (TPSA) is 77.0 Å². The Kier molecular flexibility index (Phi) is 6.42. The van der Waals surface area contributed by atoms with Crippen LogP contribution in [-0.2, 0) is 10.0 Å². The van der Waals surface area contributed by atoms with Gasteiger partial charge in [-0.25, -0.2) is 0 Å². The van der Waals surface area contributed by atoms with Crippen molar-refractivity contribution >= 4 is 32.6 Å². The molecule has 0 aliphatic rings. The second-order valence-electron chi connectivity index (χ2n) is 6.74. The summed E-state index contributed by atoms with van der Waals surface area (Å²) in [6.45, 7) is 3.60. The minimum atomic E-state index is -3.72. The highest BCUT2D eigenvalue weighted by atomic mass is 32.2. The zero-order valence-electron chi connectivity index (χ0n) is 17.3. The van der Waals surface area contributed by atoms with Crippen LogP contribution in [0, 0.1) is 6.92 Å². The Morgan fingerprint density at radius 3 is 2.30 bits per heavy atom. The van der Waals surface area contributed by atoms with Crippen molar-refractivity contribution < 1.29 is 17.9 Å². The van der Waals surface area contributed by atoms with E-state index in [2.05, 4.69) is 9.93 Å². The summed E-state index contributed by atoms with van der Waals surface area (Å²) in [4.78, 5) is 2.43. The monoisotopic (exact) mass is 424 g/mol. The molecule has 0 fully saturated rings. The van der Waals surface area contributed by atoms with E-state index < -0.39 is 10.0 Å². The molecule has 0 aromatic heterocycles. The number of hydrazone groups is 1. The molecule has 1 N–H and O–H groups in total. The van der Waals surface area contributed by atoms with Crippen molar-refractivity contribution in [1.82, 2.24) is 4.83 Å². The lowest BCUT2D eigenvalue weighted by Crippen LogP contribution is -2.19. The maximum atomic E-state index is 12.4. The van der Waals surface area contributed by atoms with E-state index in [1.807, 2.05) is 43.3 Å². The number of aryl methyl sites for hydroxylation is 1. The number of fused-ring (bicyclic) bond motifs is 1. The fraction of sp³-hybridized carbons (Fsp3) is 0.174. The number of allylic oxidation sites excluding steroid dienone is 1. The summed E-state index contributed by atoms with van der Waals surface area (Å²) in [5, 5.41) is 5.86. The van der Waals surface area contributed by atoms with E-state index in [-0.39, 0.29) is 4.90 Å².